The Morgan fingerprint density at radius 2 is 2.50 bits per heavy atom. The molecule has 1 amide bonds. The van der Waals surface area contributed by atoms with Crippen molar-refractivity contribution in [3.8, 4) is 0 Å². The average molecular weight is 196 g/mol. The Morgan fingerprint density at radius 1 is 1.71 bits per heavy atom. The third kappa shape index (κ3) is 1.74. The maximum atomic E-state index is 11.4. The van der Waals surface area contributed by atoms with E-state index >= 15 is 0 Å². The summed E-state index contributed by atoms with van der Waals surface area (Å²) in [6.07, 6.45) is 0.410. The molecule has 0 radical (unpaired) electrons. The van der Waals surface area contributed by atoms with Gasteiger partial charge in [0, 0.05) is 19.0 Å². The second kappa shape index (κ2) is 3.38. The lowest BCUT2D eigenvalue weighted by molar-refractivity contribution is -0.128. The van der Waals surface area contributed by atoms with Crippen molar-refractivity contribution in [1.82, 2.24) is 15.0 Å². The maximum Gasteiger partial charge on any atom is 0.246 e. The van der Waals surface area contributed by atoms with Crippen LogP contribution >= 0.6 is 0 Å². The van der Waals surface area contributed by atoms with Crippen LogP contribution in [-0.4, -0.2) is 33.5 Å². The first-order chi connectivity index (χ1) is 6.65. The molecule has 1 unspecified atom stereocenters. The summed E-state index contributed by atoms with van der Waals surface area (Å²) in [5.74, 6) is 1.09. The summed E-state index contributed by atoms with van der Waals surface area (Å²) in [5.41, 5.74) is 5.65. The molecule has 0 saturated carbocycles. The molecular weight excluding hydrogens is 184 g/mol. The second-order valence-corrected chi connectivity index (χ2v) is 3.47. The van der Waals surface area contributed by atoms with Gasteiger partial charge in [0.2, 0.25) is 11.8 Å². The zero-order chi connectivity index (χ0) is 10.1. The molecule has 6 nitrogen and oxygen atoms in total. The molecule has 1 aromatic heterocycles. The van der Waals surface area contributed by atoms with Gasteiger partial charge in [-0.05, 0) is 6.92 Å². The summed E-state index contributed by atoms with van der Waals surface area (Å²) >= 11 is 0. The standard InChI is InChI=1S/C8H12N4O2/c1-5-10-7(14-11-5)4-12-3-6(9)2-8(12)13/h6H,2-4,9H2,1H3. The summed E-state index contributed by atoms with van der Waals surface area (Å²) in [4.78, 5) is 17.0. The van der Waals surface area contributed by atoms with E-state index in [9.17, 15) is 4.79 Å². The molecule has 2 N–H and O–H groups in total. The van der Waals surface area contributed by atoms with Crippen LogP contribution in [0.15, 0.2) is 4.52 Å². The van der Waals surface area contributed by atoms with Crippen molar-refractivity contribution in [2.45, 2.75) is 25.9 Å². The van der Waals surface area contributed by atoms with E-state index in [-0.39, 0.29) is 11.9 Å². The lowest BCUT2D eigenvalue weighted by atomic mass is 10.3. The number of rotatable bonds is 2. The molecule has 0 spiro atoms. The number of aryl methyl sites for hydroxylation is 1. The minimum Gasteiger partial charge on any atom is -0.337 e. The Bertz CT molecular complexity index is 349. The Labute approximate surface area is 81.1 Å². The first kappa shape index (κ1) is 9.14. The Morgan fingerprint density at radius 3 is 3.00 bits per heavy atom. The third-order valence-electron chi connectivity index (χ3n) is 2.14. The Kier molecular flexibility index (Phi) is 2.20. The molecule has 1 fully saturated rings. The van der Waals surface area contributed by atoms with Gasteiger partial charge in [-0.2, -0.15) is 4.98 Å². The van der Waals surface area contributed by atoms with Crippen molar-refractivity contribution in [1.29, 1.82) is 0 Å². The highest BCUT2D eigenvalue weighted by Crippen LogP contribution is 2.12. The molecule has 0 bridgehead atoms. The number of likely N-dealkylation sites (tertiary alicyclic amines) is 1. The van der Waals surface area contributed by atoms with Gasteiger partial charge in [0.25, 0.3) is 0 Å². The average Bonchev–Trinajstić information content (AvgIpc) is 2.61. The van der Waals surface area contributed by atoms with E-state index in [1.807, 2.05) is 0 Å². The number of nitrogens with two attached hydrogens (primary N) is 1. The van der Waals surface area contributed by atoms with E-state index in [0.29, 0.717) is 31.2 Å². The van der Waals surface area contributed by atoms with Gasteiger partial charge < -0.3 is 15.2 Å². The van der Waals surface area contributed by atoms with Gasteiger partial charge >= 0.3 is 0 Å². The normalized spacial score (nSPS) is 22.0. The van der Waals surface area contributed by atoms with Crippen LogP contribution in [0.25, 0.3) is 0 Å². The van der Waals surface area contributed by atoms with Crippen LogP contribution in [0.3, 0.4) is 0 Å². The number of carbonyl (C=O) groups is 1. The van der Waals surface area contributed by atoms with E-state index in [1.54, 1.807) is 11.8 Å². The fourth-order valence-electron chi connectivity index (χ4n) is 1.52. The van der Waals surface area contributed by atoms with Crippen LogP contribution in [-0.2, 0) is 11.3 Å². The fourth-order valence-corrected chi connectivity index (χ4v) is 1.52. The van der Waals surface area contributed by atoms with Crippen LogP contribution in [0, 0.1) is 6.92 Å². The molecular formula is C8H12N4O2. The van der Waals surface area contributed by atoms with Crippen molar-refractivity contribution < 1.29 is 9.32 Å². The summed E-state index contributed by atoms with van der Waals surface area (Å²) in [5, 5.41) is 3.65. The molecule has 1 aromatic rings. The zero-order valence-electron chi connectivity index (χ0n) is 7.93. The van der Waals surface area contributed by atoms with Gasteiger partial charge in [0.1, 0.15) is 6.54 Å². The molecule has 2 rings (SSSR count). The number of hydrogen-bond acceptors (Lipinski definition) is 5. The molecule has 1 atom stereocenters. The highest BCUT2D eigenvalue weighted by molar-refractivity contribution is 5.79. The van der Waals surface area contributed by atoms with Crippen molar-refractivity contribution in [3.63, 3.8) is 0 Å². The minimum atomic E-state index is -0.0634. The molecule has 76 valence electrons. The van der Waals surface area contributed by atoms with E-state index in [1.165, 1.54) is 0 Å². The second-order valence-electron chi connectivity index (χ2n) is 3.47. The predicted octanol–water partition coefficient (Wildman–Crippen LogP) is -0.562. The summed E-state index contributed by atoms with van der Waals surface area (Å²) in [6, 6.07) is -0.0634. The van der Waals surface area contributed by atoms with Crippen LogP contribution in [0.4, 0.5) is 0 Å². The van der Waals surface area contributed by atoms with Crippen molar-refractivity contribution in [2.24, 2.45) is 5.73 Å². The molecule has 1 aliphatic heterocycles. The van der Waals surface area contributed by atoms with E-state index in [0.717, 1.165) is 0 Å². The van der Waals surface area contributed by atoms with Crippen LogP contribution in [0.2, 0.25) is 0 Å². The highest BCUT2D eigenvalue weighted by atomic mass is 16.5. The highest BCUT2D eigenvalue weighted by Gasteiger charge is 2.27. The molecule has 1 aliphatic rings. The maximum absolute atomic E-state index is 11.4. The Hall–Kier alpha value is -1.43. The van der Waals surface area contributed by atoms with Crippen LogP contribution in [0.5, 0.6) is 0 Å². The molecule has 0 aliphatic carbocycles. The van der Waals surface area contributed by atoms with E-state index in [4.69, 9.17) is 10.3 Å². The number of hydrogen-bond donors (Lipinski definition) is 1. The van der Waals surface area contributed by atoms with Gasteiger partial charge in [-0.15, -0.1) is 0 Å². The lowest BCUT2D eigenvalue weighted by Gasteiger charge is -2.12. The first-order valence-electron chi connectivity index (χ1n) is 4.47. The van der Waals surface area contributed by atoms with E-state index < -0.39 is 0 Å². The molecule has 0 aromatic carbocycles. The van der Waals surface area contributed by atoms with E-state index in [2.05, 4.69) is 10.1 Å². The van der Waals surface area contributed by atoms with Gasteiger partial charge in [-0.25, -0.2) is 0 Å². The predicted molar refractivity (Wildman–Crippen MR) is 47.0 cm³/mol. The molecule has 2 heterocycles. The summed E-state index contributed by atoms with van der Waals surface area (Å²) in [6.45, 7) is 2.68. The SMILES string of the molecule is Cc1noc(CN2CC(N)CC2=O)n1. The van der Waals surface area contributed by atoms with Crippen LogP contribution < -0.4 is 5.73 Å². The molecule has 14 heavy (non-hydrogen) atoms. The number of aromatic nitrogens is 2. The fraction of sp³-hybridized carbons (Fsp3) is 0.625. The number of nitrogens with zero attached hydrogens (tertiary/aromatic N) is 3. The largest absolute Gasteiger partial charge is 0.337 e. The third-order valence-corrected chi connectivity index (χ3v) is 2.14. The quantitative estimate of drug-likeness (QED) is 0.685. The first-order valence-corrected chi connectivity index (χ1v) is 4.47. The summed E-state index contributed by atoms with van der Waals surface area (Å²) in [7, 11) is 0. The monoisotopic (exact) mass is 196 g/mol. The lowest BCUT2D eigenvalue weighted by Crippen LogP contribution is -2.27. The number of carbonyl (C=O) groups excluding carboxylic acids is 1. The molecule has 1 saturated heterocycles. The van der Waals surface area contributed by atoms with Gasteiger partial charge in [0.05, 0.1) is 0 Å². The Balaban J connectivity index is 2.01. The smallest absolute Gasteiger partial charge is 0.246 e. The summed E-state index contributed by atoms with van der Waals surface area (Å²) < 4.78 is 4.91. The zero-order valence-corrected chi connectivity index (χ0v) is 7.93. The molecule has 6 heteroatoms. The minimum absolute atomic E-state index is 0.0494. The van der Waals surface area contributed by atoms with Gasteiger partial charge in [-0.1, -0.05) is 5.16 Å². The van der Waals surface area contributed by atoms with Crippen molar-refractivity contribution in [3.05, 3.63) is 11.7 Å². The number of amides is 1. The van der Waals surface area contributed by atoms with Crippen molar-refractivity contribution >= 4 is 5.91 Å². The van der Waals surface area contributed by atoms with Gasteiger partial charge in [0.15, 0.2) is 5.82 Å². The van der Waals surface area contributed by atoms with Crippen LogP contribution in [0.1, 0.15) is 18.1 Å². The van der Waals surface area contributed by atoms with Crippen molar-refractivity contribution in [2.75, 3.05) is 6.54 Å². The van der Waals surface area contributed by atoms with Gasteiger partial charge in [-0.3, -0.25) is 4.79 Å². The topological polar surface area (TPSA) is 85.3 Å².